The topological polar surface area (TPSA) is 78.4 Å². The van der Waals surface area contributed by atoms with Gasteiger partial charge in [-0.1, -0.05) is 19.8 Å². The molecule has 0 aliphatic rings. The molecule has 1 unspecified atom stereocenters. The first-order valence-corrected chi connectivity index (χ1v) is 6.77. The lowest BCUT2D eigenvalue weighted by atomic mass is 10.1. The molecule has 3 N–H and O–H groups in total. The number of hydrogen-bond donors (Lipinski definition) is 3. The van der Waals surface area contributed by atoms with Gasteiger partial charge in [0, 0.05) is 12.3 Å². The number of urea groups is 1. The van der Waals surface area contributed by atoms with E-state index in [1.807, 2.05) is 13.2 Å². The molecule has 0 fully saturated rings. The van der Waals surface area contributed by atoms with E-state index >= 15 is 0 Å². The van der Waals surface area contributed by atoms with Crippen LogP contribution in [0.25, 0.3) is 0 Å². The molecule has 0 radical (unpaired) electrons. The van der Waals surface area contributed by atoms with Crippen molar-refractivity contribution in [1.82, 2.24) is 10.6 Å². The monoisotopic (exact) mass is 248 g/mol. The number of aliphatic carboxylic acids is 1. The third-order valence-electron chi connectivity index (χ3n) is 2.04. The summed E-state index contributed by atoms with van der Waals surface area (Å²) in [4.78, 5) is 22.1. The highest BCUT2D eigenvalue weighted by Gasteiger charge is 2.18. The van der Waals surface area contributed by atoms with E-state index in [1.54, 1.807) is 11.8 Å². The molecule has 94 valence electrons. The first kappa shape index (κ1) is 15.1. The van der Waals surface area contributed by atoms with Crippen molar-refractivity contribution in [2.24, 2.45) is 0 Å². The van der Waals surface area contributed by atoms with E-state index in [4.69, 9.17) is 5.11 Å². The SMILES string of the molecule is CCCCC(NC(=O)NCCSC)C(=O)O. The van der Waals surface area contributed by atoms with Crippen molar-refractivity contribution in [2.45, 2.75) is 32.2 Å². The maximum atomic E-state index is 11.3. The molecular weight excluding hydrogens is 228 g/mol. The first-order chi connectivity index (χ1) is 7.61. The maximum absolute atomic E-state index is 11.3. The van der Waals surface area contributed by atoms with Gasteiger partial charge in [-0.25, -0.2) is 9.59 Å². The fourth-order valence-electron chi connectivity index (χ4n) is 1.14. The lowest BCUT2D eigenvalue weighted by Crippen LogP contribution is -2.46. The number of carbonyl (C=O) groups is 2. The van der Waals surface area contributed by atoms with Gasteiger partial charge in [-0.3, -0.25) is 0 Å². The van der Waals surface area contributed by atoms with Gasteiger partial charge in [0.05, 0.1) is 0 Å². The van der Waals surface area contributed by atoms with E-state index in [-0.39, 0.29) is 0 Å². The van der Waals surface area contributed by atoms with Crippen molar-refractivity contribution >= 4 is 23.8 Å². The Kier molecular flexibility index (Phi) is 8.80. The standard InChI is InChI=1S/C10H20N2O3S/c1-3-4-5-8(9(13)14)12-10(15)11-6-7-16-2/h8H,3-7H2,1-2H3,(H,13,14)(H2,11,12,15). The van der Waals surface area contributed by atoms with E-state index < -0.39 is 18.0 Å². The van der Waals surface area contributed by atoms with Gasteiger partial charge in [0.1, 0.15) is 6.04 Å². The van der Waals surface area contributed by atoms with Crippen LogP contribution < -0.4 is 10.6 Å². The number of unbranched alkanes of at least 4 members (excludes halogenated alkanes) is 1. The number of carboxylic acids is 1. The zero-order valence-electron chi connectivity index (χ0n) is 9.78. The number of thioether (sulfide) groups is 1. The molecule has 0 aromatic rings. The summed E-state index contributed by atoms with van der Waals surface area (Å²) < 4.78 is 0. The lowest BCUT2D eigenvalue weighted by Gasteiger charge is -2.14. The van der Waals surface area contributed by atoms with Crippen LogP contribution in [0.15, 0.2) is 0 Å². The summed E-state index contributed by atoms with van der Waals surface area (Å²) in [6.45, 7) is 2.53. The zero-order valence-corrected chi connectivity index (χ0v) is 10.6. The van der Waals surface area contributed by atoms with Gasteiger partial charge < -0.3 is 15.7 Å². The quantitative estimate of drug-likeness (QED) is 0.566. The Bertz CT molecular complexity index is 224. The largest absolute Gasteiger partial charge is 0.480 e. The van der Waals surface area contributed by atoms with Gasteiger partial charge in [-0.15, -0.1) is 0 Å². The van der Waals surface area contributed by atoms with Crippen molar-refractivity contribution < 1.29 is 14.7 Å². The van der Waals surface area contributed by atoms with Crippen LogP contribution in [0.4, 0.5) is 4.79 Å². The predicted molar refractivity (Wildman–Crippen MR) is 65.9 cm³/mol. The van der Waals surface area contributed by atoms with Crippen molar-refractivity contribution in [2.75, 3.05) is 18.6 Å². The average molecular weight is 248 g/mol. The normalized spacial score (nSPS) is 11.9. The maximum Gasteiger partial charge on any atom is 0.326 e. The lowest BCUT2D eigenvalue weighted by molar-refractivity contribution is -0.139. The molecule has 0 saturated carbocycles. The molecule has 5 nitrogen and oxygen atoms in total. The average Bonchev–Trinajstić information content (AvgIpc) is 2.24. The molecule has 6 heteroatoms. The number of rotatable bonds is 8. The highest BCUT2D eigenvalue weighted by Crippen LogP contribution is 2.00. The highest BCUT2D eigenvalue weighted by atomic mass is 32.2. The summed E-state index contributed by atoms with van der Waals surface area (Å²) in [5, 5.41) is 13.9. The van der Waals surface area contributed by atoms with E-state index in [0.717, 1.165) is 18.6 Å². The molecule has 0 bridgehead atoms. The number of amides is 2. The van der Waals surface area contributed by atoms with E-state index in [0.29, 0.717) is 13.0 Å². The van der Waals surface area contributed by atoms with Crippen molar-refractivity contribution in [3.8, 4) is 0 Å². The van der Waals surface area contributed by atoms with Gasteiger partial charge >= 0.3 is 12.0 Å². The molecule has 0 aliphatic carbocycles. The zero-order chi connectivity index (χ0) is 12.4. The smallest absolute Gasteiger partial charge is 0.326 e. The molecule has 0 heterocycles. The second kappa shape index (κ2) is 9.33. The van der Waals surface area contributed by atoms with Crippen LogP contribution in [0.1, 0.15) is 26.2 Å². The fraction of sp³-hybridized carbons (Fsp3) is 0.800. The summed E-state index contributed by atoms with van der Waals surface area (Å²) in [7, 11) is 0. The van der Waals surface area contributed by atoms with Crippen LogP contribution in [0.3, 0.4) is 0 Å². The third kappa shape index (κ3) is 7.39. The number of carboxylic acid groups (broad SMARTS) is 1. The van der Waals surface area contributed by atoms with Crippen molar-refractivity contribution in [3.63, 3.8) is 0 Å². The Labute approximate surface area is 100 Å². The van der Waals surface area contributed by atoms with Crippen molar-refractivity contribution in [3.05, 3.63) is 0 Å². The van der Waals surface area contributed by atoms with Gasteiger partial charge in [0.2, 0.25) is 0 Å². The number of nitrogens with one attached hydrogen (secondary N) is 2. The summed E-state index contributed by atoms with van der Waals surface area (Å²) >= 11 is 1.62. The molecular formula is C10H20N2O3S. The van der Waals surface area contributed by atoms with E-state index in [2.05, 4.69) is 10.6 Å². The molecule has 16 heavy (non-hydrogen) atoms. The summed E-state index contributed by atoms with van der Waals surface area (Å²) in [5.74, 6) is -0.159. The molecule has 0 aromatic carbocycles. The van der Waals surface area contributed by atoms with Gasteiger partial charge in [-0.2, -0.15) is 11.8 Å². The molecule has 2 amide bonds. The highest BCUT2D eigenvalue weighted by molar-refractivity contribution is 7.98. The summed E-state index contributed by atoms with van der Waals surface area (Å²) in [6.07, 6.45) is 4.13. The molecule has 0 saturated heterocycles. The molecule has 0 aliphatic heterocycles. The second-order valence-corrected chi connectivity index (χ2v) is 4.41. The molecule has 1 atom stereocenters. The predicted octanol–water partition coefficient (Wildman–Crippen LogP) is 1.29. The Morgan fingerprint density at radius 1 is 1.44 bits per heavy atom. The van der Waals surface area contributed by atoms with Crippen LogP contribution >= 0.6 is 11.8 Å². The van der Waals surface area contributed by atoms with E-state index in [1.165, 1.54) is 0 Å². The van der Waals surface area contributed by atoms with Crippen molar-refractivity contribution in [1.29, 1.82) is 0 Å². The van der Waals surface area contributed by atoms with Crippen LogP contribution in [-0.4, -0.2) is 41.7 Å². The Hall–Kier alpha value is -0.910. The van der Waals surface area contributed by atoms with Crippen LogP contribution in [-0.2, 0) is 4.79 Å². The van der Waals surface area contributed by atoms with Gasteiger partial charge in [-0.05, 0) is 12.7 Å². The minimum Gasteiger partial charge on any atom is -0.480 e. The summed E-state index contributed by atoms with van der Waals surface area (Å²) in [6, 6.07) is -1.19. The fourth-order valence-corrected chi connectivity index (χ4v) is 1.45. The molecule has 0 spiro atoms. The Morgan fingerprint density at radius 3 is 2.62 bits per heavy atom. The minimum atomic E-state index is -0.978. The Balaban J connectivity index is 3.88. The molecule has 0 aromatic heterocycles. The van der Waals surface area contributed by atoms with Crippen LogP contribution in [0, 0.1) is 0 Å². The molecule has 0 rings (SSSR count). The van der Waals surface area contributed by atoms with Crippen LogP contribution in [0.2, 0.25) is 0 Å². The Morgan fingerprint density at radius 2 is 2.12 bits per heavy atom. The number of hydrogen-bond acceptors (Lipinski definition) is 3. The summed E-state index contributed by atoms with van der Waals surface area (Å²) in [5.41, 5.74) is 0. The van der Waals surface area contributed by atoms with Crippen LogP contribution in [0.5, 0.6) is 0 Å². The first-order valence-electron chi connectivity index (χ1n) is 5.38. The third-order valence-corrected chi connectivity index (χ3v) is 2.65. The number of carbonyl (C=O) groups excluding carboxylic acids is 1. The second-order valence-electron chi connectivity index (χ2n) is 3.43. The van der Waals surface area contributed by atoms with Gasteiger partial charge in [0.15, 0.2) is 0 Å². The van der Waals surface area contributed by atoms with E-state index in [9.17, 15) is 9.59 Å². The van der Waals surface area contributed by atoms with Gasteiger partial charge in [0.25, 0.3) is 0 Å². The minimum absolute atomic E-state index is 0.405.